The lowest BCUT2D eigenvalue weighted by Crippen LogP contribution is -2.49. The Morgan fingerprint density at radius 2 is 1.86 bits per heavy atom. The molecule has 0 radical (unpaired) electrons. The Kier molecular flexibility index (Phi) is 5.87. The van der Waals surface area contributed by atoms with Crippen LogP contribution in [-0.2, 0) is 14.6 Å². The third-order valence-electron chi connectivity index (χ3n) is 5.70. The minimum absolute atomic E-state index is 0.0293. The summed E-state index contributed by atoms with van der Waals surface area (Å²) >= 11 is 1.42. The molecule has 150 valence electrons. The molecule has 0 N–H and O–H groups in total. The van der Waals surface area contributed by atoms with Crippen molar-refractivity contribution in [2.45, 2.75) is 55.6 Å². The third kappa shape index (κ3) is 4.33. The second-order valence-corrected chi connectivity index (χ2v) is 10.8. The number of carbonyl (C=O) groups excluding carboxylic acids is 1. The molecule has 1 aromatic carbocycles. The minimum atomic E-state index is -3.03. The van der Waals surface area contributed by atoms with Gasteiger partial charge >= 0.3 is 0 Å². The topological polar surface area (TPSA) is 80.2 Å². The predicted molar refractivity (Wildman–Crippen MR) is 111 cm³/mol. The Bertz CT molecular complexity index is 953. The van der Waals surface area contributed by atoms with Crippen molar-refractivity contribution in [3.63, 3.8) is 0 Å². The van der Waals surface area contributed by atoms with E-state index in [1.807, 2.05) is 29.2 Å². The summed E-state index contributed by atoms with van der Waals surface area (Å²) in [6, 6.07) is 7.76. The van der Waals surface area contributed by atoms with E-state index in [4.69, 9.17) is 0 Å². The van der Waals surface area contributed by atoms with E-state index < -0.39 is 9.84 Å². The highest BCUT2D eigenvalue weighted by molar-refractivity contribution is 8.00. The van der Waals surface area contributed by atoms with Crippen LogP contribution in [0.25, 0.3) is 10.9 Å². The zero-order valence-electron chi connectivity index (χ0n) is 15.8. The molecule has 1 aliphatic heterocycles. The van der Waals surface area contributed by atoms with Crippen LogP contribution in [0.4, 0.5) is 0 Å². The van der Waals surface area contributed by atoms with Gasteiger partial charge in [0.25, 0.3) is 0 Å². The number of para-hydroxylation sites is 1. The van der Waals surface area contributed by atoms with Crippen LogP contribution >= 0.6 is 11.8 Å². The molecule has 2 aliphatic rings. The lowest BCUT2D eigenvalue weighted by atomic mass is 9.93. The van der Waals surface area contributed by atoms with Crippen molar-refractivity contribution in [3.8, 4) is 0 Å². The second kappa shape index (κ2) is 8.37. The first kappa shape index (κ1) is 19.6. The molecule has 0 bridgehead atoms. The molecule has 8 heteroatoms. The fourth-order valence-electron chi connectivity index (χ4n) is 4.36. The molecule has 1 aromatic heterocycles. The average Bonchev–Trinajstić information content (AvgIpc) is 3.06. The third-order valence-corrected chi connectivity index (χ3v) is 8.44. The van der Waals surface area contributed by atoms with Gasteiger partial charge in [-0.15, -0.1) is 0 Å². The van der Waals surface area contributed by atoms with Crippen molar-refractivity contribution in [2.24, 2.45) is 0 Å². The van der Waals surface area contributed by atoms with Gasteiger partial charge in [-0.2, -0.15) is 0 Å². The highest BCUT2D eigenvalue weighted by Gasteiger charge is 2.38. The number of amides is 1. The van der Waals surface area contributed by atoms with Gasteiger partial charge in [-0.3, -0.25) is 4.79 Å². The molecule has 4 rings (SSSR count). The van der Waals surface area contributed by atoms with Crippen LogP contribution in [0.5, 0.6) is 0 Å². The summed E-state index contributed by atoms with van der Waals surface area (Å²) in [7, 11) is -3.03. The number of hydrogen-bond acceptors (Lipinski definition) is 6. The van der Waals surface area contributed by atoms with Crippen LogP contribution in [0.3, 0.4) is 0 Å². The maximum atomic E-state index is 13.2. The van der Waals surface area contributed by atoms with Gasteiger partial charge in [0.05, 0.1) is 22.8 Å². The van der Waals surface area contributed by atoms with E-state index in [0.717, 1.165) is 41.6 Å². The van der Waals surface area contributed by atoms with Gasteiger partial charge in [0.2, 0.25) is 5.91 Å². The molecule has 1 saturated heterocycles. The van der Waals surface area contributed by atoms with Gasteiger partial charge in [-0.1, -0.05) is 49.2 Å². The summed E-state index contributed by atoms with van der Waals surface area (Å²) in [5.74, 6) is 0.601. The number of hydrogen-bond donors (Lipinski definition) is 0. The molecule has 2 fully saturated rings. The van der Waals surface area contributed by atoms with Crippen LogP contribution in [0.15, 0.2) is 35.6 Å². The number of rotatable bonds is 5. The predicted octanol–water partition coefficient (Wildman–Crippen LogP) is 3.07. The lowest BCUT2D eigenvalue weighted by molar-refractivity contribution is -0.133. The highest BCUT2D eigenvalue weighted by Crippen LogP contribution is 2.30. The average molecular weight is 420 g/mol. The largest absolute Gasteiger partial charge is 0.335 e. The van der Waals surface area contributed by atoms with Gasteiger partial charge in [0, 0.05) is 17.5 Å². The van der Waals surface area contributed by atoms with E-state index in [1.54, 1.807) is 0 Å². The van der Waals surface area contributed by atoms with Gasteiger partial charge < -0.3 is 4.90 Å². The molecule has 2 heterocycles. The first-order valence-electron chi connectivity index (χ1n) is 9.88. The van der Waals surface area contributed by atoms with E-state index in [1.165, 1.54) is 24.5 Å². The van der Waals surface area contributed by atoms with E-state index in [2.05, 4.69) is 9.97 Å². The molecule has 1 atom stereocenters. The minimum Gasteiger partial charge on any atom is -0.335 e. The molecule has 0 spiro atoms. The number of nitrogens with zero attached hydrogens (tertiary/aromatic N) is 3. The maximum absolute atomic E-state index is 13.2. The van der Waals surface area contributed by atoms with Crippen molar-refractivity contribution >= 4 is 38.4 Å². The van der Waals surface area contributed by atoms with Gasteiger partial charge in [0.15, 0.2) is 9.84 Å². The molecule has 6 nitrogen and oxygen atoms in total. The molecule has 1 saturated carbocycles. The molecular weight excluding hydrogens is 394 g/mol. The van der Waals surface area contributed by atoms with E-state index in [0.29, 0.717) is 6.42 Å². The Morgan fingerprint density at radius 3 is 2.61 bits per heavy atom. The number of fused-ring (bicyclic) bond motifs is 1. The number of carbonyl (C=O) groups is 1. The van der Waals surface area contributed by atoms with Crippen molar-refractivity contribution in [1.29, 1.82) is 0 Å². The Morgan fingerprint density at radius 1 is 1.07 bits per heavy atom. The molecule has 1 aliphatic carbocycles. The zero-order valence-corrected chi connectivity index (χ0v) is 17.4. The van der Waals surface area contributed by atoms with Crippen LogP contribution in [0.1, 0.15) is 38.5 Å². The fourth-order valence-corrected chi connectivity index (χ4v) is 6.93. The SMILES string of the molecule is O=C(CSc1ncnc2ccccc12)N(C1CCCCC1)C1CCS(=O)(=O)C1. The number of aromatic nitrogens is 2. The molecule has 28 heavy (non-hydrogen) atoms. The molecule has 2 aromatic rings. The number of thioether (sulfide) groups is 1. The standard InChI is InChI=1S/C20H25N3O3S2/c24-19(12-27-20-17-8-4-5-9-18(17)21-14-22-20)23(15-6-2-1-3-7-15)16-10-11-28(25,26)13-16/h4-5,8-9,14-16H,1-3,6-7,10-13H2. The second-order valence-electron chi connectivity index (χ2n) is 7.63. The van der Waals surface area contributed by atoms with Crippen molar-refractivity contribution in [3.05, 3.63) is 30.6 Å². The summed E-state index contributed by atoms with van der Waals surface area (Å²) in [6.45, 7) is 0. The zero-order chi connectivity index (χ0) is 19.6. The molecule has 1 unspecified atom stereocenters. The van der Waals surface area contributed by atoms with Crippen LogP contribution in [-0.4, -0.2) is 58.5 Å². The summed E-state index contributed by atoms with van der Waals surface area (Å²) in [4.78, 5) is 23.8. The first-order chi connectivity index (χ1) is 13.5. The first-order valence-corrected chi connectivity index (χ1v) is 12.7. The van der Waals surface area contributed by atoms with Gasteiger partial charge in [-0.05, 0) is 25.3 Å². The van der Waals surface area contributed by atoms with Crippen LogP contribution in [0, 0.1) is 0 Å². The molecular formula is C20H25N3O3S2. The van der Waals surface area contributed by atoms with Crippen molar-refractivity contribution in [1.82, 2.24) is 14.9 Å². The summed E-state index contributed by atoms with van der Waals surface area (Å²) in [5, 5.41) is 1.73. The monoisotopic (exact) mass is 419 g/mol. The fraction of sp³-hybridized carbons (Fsp3) is 0.550. The Hall–Kier alpha value is -1.67. The van der Waals surface area contributed by atoms with E-state index >= 15 is 0 Å². The summed E-state index contributed by atoms with van der Waals surface area (Å²) in [5.41, 5.74) is 0.860. The van der Waals surface area contributed by atoms with E-state index in [9.17, 15) is 13.2 Å². The maximum Gasteiger partial charge on any atom is 0.233 e. The van der Waals surface area contributed by atoms with Crippen LogP contribution in [0.2, 0.25) is 0 Å². The summed E-state index contributed by atoms with van der Waals surface area (Å²) < 4.78 is 24.0. The highest BCUT2D eigenvalue weighted by atomic mass is 32.2. The smallest absolute Gasteiger partial charge is 0.233 e. The lowest BCUT2D eigenvalue weighted by Gasteiger charge is -2.38. The summed E-state index contributed by atoms with van der Waals surface area (Å²) in [6.07, 6.45) is 7.45. The number of sulfone groups is 1. The number of benzene rings is 1. The van der Waals surface area contributed by atoms with Crippen LogP contribution < -0.4 is 0 Å². The quantitative estimate of drug-likeness (QED) is 0.547. The van der Waals surface area contributed by atoms with Crippen molar-refractivity contribution in [2.75, 3.05) is 17.3 Å². The normalized spacial score (nSPS) is 22.4. The Labute approximate surface area is 170 Å². The van der Waals surface area contributed by atoms with Gasteiger partial charge in [0.1, 0.15) is 11.4 Å². The van der Waals surface area contributed by atoms with Gasteiger partial charge in [-0.25, -0.2) is 18.4 Å². The molecule has 1 amide bonds. The van der Waals surface area contributed by atoms with Crippen molar-refractivity contribution < 1.29 is 13.2 Å². The van der Waals surface area contributed by atoms with E-state index in [-0.39, 0.29) is 35.2 Å². The Balaban J connectivity index is 1.52.